The number of hydrazine groups is 1. The topological polar surface area (TPSA) is 97.9 Å². The maximum absolute atomic E-state index is 12.0. The average Bonchev–Trinajstić information content (AvgIpc) is 2.84. The van der Waals surface area contributed by atoms with Crippen LogP contribution in [0.3, 0.4) is 0 Å². The quantitative estimate of drug-likeness (QED) is 0.280. The molecule has 0 aromatic heterocycles. The minimum absolute atomic E-state index is 0.0592. The van der Waals surface area contributed by atoms with Crippen molar-refractivity contribution in [2.75, 3.05) is 20.8 Å². The Labute approximate surface area is 196 Å². The average molecular weight is 466 g/mol. The lowest BCUT2D eigenvalue weighted by Gasteiger charge is -2.11. The molecule has 3 aromatic carbocycles. The van der Waals surface area contributed by atoms with Crippen LogP contribution >= 0.6 is 12.2 Å². The van der Waals surface area contributed by atoms with Gasteiger partial charge in [0.15, 0.2) is 23.2 Å². The molecule has 0 aliphatic carbocycles. The van der Waals surface area contributed by atoms with Gasteiger partial charge in [0.2, 0.25) is 5.91 Å². The van der Waals surface area contributed by atoms with Gasteiger partial charge in [-0.2, -0.15) is 0 Å². The van der Waals surface area contributed by atoms with Crippen molar-refractivity contribution in [3.05, 3.63) is 72.3 Å². The molecule has 170 valence electrons. The Hall–Kier alpha value is -4.11. The van der Waals surface area contributed by atoms with Crippen molar-refractivity contribution in [3.8, 4) is 17.2 Å². The zero-order chi connectivity index (χ0) is 23.6. The van der Waals surface area contributed by atoms with E-state index in [1.165, 1.54) is 13.2 Å². The summed E-state index contributed by atoms with van der Waals surface area (Å²) in [7, 11) is 3.08. The SMILES string of the molecule is COc1ccc(C=CC(=O)NC(=S)NNC(=O)COc2ccc3ccccc3c2)cc1OC. The summed E-state index contributed by atoms with van der Waals surface area (Å²) >= 11 is 5.01. The second kappa shape index (κ2) is 11.5. The minimum Gasteiger partial charge on any atom is -0.493 e. The molecular formula is C24H23N3O5S. The molecule has 0 atom stereocenters. The fraction of sp³-hybridized carbons (Fsp3) is 0.125. The lowest BCUT2D eigenvalue weighted by Crippen LogP contribution is -2.49. The van der Waals surface area contributed by atoms with Gasteiger partial charge in [-0.05, 0) is 58.9 Å². The molecule has 0 saturated heterocycles. The van der Waals surface area contributed by atoms with Crippen LogP contribution in [0.25, 0.3) is 16.8 Å². The van der Waals surface area contributed by atoms with Gasteiger partial charge < -0.3 is 14.2 Å². The first kappa shape index (κ1) is 23.6. The van der Waals surface area contributed by atoms with E-state index >= 15 is 0 Å². The minimum atomic E-state index is -0.469. The highest BCUT2D eigenvalue weighted by atomic mass is 32.1. The van der Waals surface area contributed by atoms with Crippen LogP contribution < -0.4 is 30.4 Å². The normalized spacial score (nSPS) is 10.5. The molecule has 3 N–H and O–H groups in total. The summed E-state index contributed by atoms with van der Waals surface area (Å²) in [5.74, 6) is 0.778. The van der Waals surface area contributed by atoms with E-state index in [0.717, 1.165) is 16.3 Å². The molecule has 3 rings (SSSR count). The highest BCUT2D eigenvalue weighted by Gasteiger charge is 2.07. The largest absolute Gasteiger partial charge is 0.493 e. The van der Waals surface area contributed by atoms with Crippen molar-refractivity contribution >= 4 is 46.0 Å². The van der Waals surface area contributed by atoms with E-state index < -0.39 is 11.8 Å². The molecule has 0 aliphatic rings. The predicted octanol–water partition coefficient (Wildman–Crippen LogP) is 2.97. The Kier molecular flexibility index (Phi) is 8.20. The summed E-state index contributed by atoms with van der Waals surface area (Å²) in [4.78, 5) is 24.0. The van der Waals surface area contributed by atoms with Gasteiger partial charge in [-0.15, -0.1) is 0 Å². The number of ether oxygens (including phenoxy) is 3. The number of amides is 2. The molecule has 0 aliphatic heterocycles. The predicted molar refractivity (Wildman–Crippen MR) is 130 cm³/mol. The van der Waals surface area contributed by atoms with Gasteiger partial charge in [0.05, 0.1) is 14.2 Å². The number of benzene rings is 3. The van der Waals surface area contributed by atoms with Crippen LogP contribution in [0.15, 0.2) is 66.7 Å². The first-order valence-corrected chi connectivity index (χ1v) is 10.3. The van der Waals surface area contributed by atoms with Gasteiger partial charge in [0.25, 0.3) is 5.91 Å². The van der Waals surface area contributed by atoms with Gasteiger partial charge in [0, 0.05) is 6.08 Å². The molecule has 0 saturated carbocycles. The fourth-order valence-electron chi connectivity index (χ4n) is 2.88. The van der Waals surface area contributed by atoms with Crippen LogP contribution in [0.4, 0.5) is 0 Å². The summed E-state index contributed by atoms with van der Waals surface area (Å²) in [6, 6.07) is 18.6. The monoisotopic (exact) mass is 465 g/mol. The number of fused-ring (bicyclic) bond motifs is 1. The summed E-state index contributed by atoms with van der Waals surface area (Å²) in [6.07, 6.45) is 2.90. The number of carbonyl (C=O) groups excluding carboxylic acids is 2. The molecule has 2 amide bonds. The summed E-state index contributed by atoms with van der Waals surface area (Å²) in [5.41, 5.74) is 5.57. The molecule has 3 aromatic rings. The maximum atomic E-state index is 12.0. The number of rotatable bonds is 7. The van der Waals surface area contributed by atoms with E-state index in [2.05, 4.69) is 16.2 Å². The lowest BCUT2D eigenvalue weighted by molar-refractivity contribution is -0.123. The fourth-order valence-corrected chi connectivity index (χ4v) is 3.03. The van der Waals surface area contributed by atoms with Crippen molar-refractivity contribution in [1.29, 1.82) is 0 Å². The molecule has 0 fully saturated rings. The highest BCUT2D eigenvalue weighted by Crippen LogP contribution is 2.27. The van der Waals surface area contributed by atoms with E-state index in [0.29, 0.717) is 17.2 Å². The Morgan fingerprint density at radius 1 is 0.909 bits per heavy atom. The zero-order valence-electron chi connectivity index (χ0n) is 18.1. The lowest BCUT2D eigenvalue weighted by atomic mass is 10.1. The van der Waals surface area contributed by atoms with E-state index in [1.807, 2.05) is 36.4 Å². The Morgan fingerprint density at radius 2 is 1.67 bits per heavy atom. The van der Waals surface area contributed by atoms with E-state index in [-0.39, 0.29) is 11.7 Å². The molecule has 0 unspecified atom stereocenters. The molecule has 33 heavy (non-hydrogen) atoms. The summed E-state index contributed by atoms with van der Waals surface area (Å²) < 4.78 is 15.9. The molecule has 0 bridgehead atoms. The number of hydrogen-bond acceptors (Lipinski definition) is 6. The van der Waals surface area contributed by atoms with Crippen molar-refractivity contribution in [1.82, 2.24) is 16.2 Å². The molecule has 9 heteroatoms. The van der Waals surface area contributed by atoms with Gasteiger partial charge in [-0.1, -0.05) is 36.4 Å². The smallest absolute Gasteiger partial charge is 0.276 e. The van der Waals surface area contributed by atoms with Gasteiger partial charge in [-0.3, -0.25) is 25.8 Å². The third-order valence-corrected chi connectivity index (χ3v) is 4.68. The van der Waals surface area contributed by atoms with Crippen molar-refractivity contribution in [3.63, 3.8) is 0 Å². The van der Waals surface area contributed by atoms with Crippen LogP contribution in [0.5, 0.6) is 17.2 Å². The number of hydrogen-bond donors (Lipinski definition) is 3. The zero-order valence-corrected chi connectivity index (χ0v) is 18.9. The Bertz CT molecular complexity index is 1200. The second-order valence-electron chi connectivity index (χ2n) is 6.74. The Balaban J connectivity index is 1.42. The van der Waals surface area contributed by atoms with Crippen LogP contribution in [0.1, 0.15) is 5.56 Å². The van der Waals surface area contributed by atoms with Crippen LogP contribution in [-0.2, 0) is 9.59 Å². The number of thiocarbonyl (C=S) groups is 1. The van der Waals surface area contributed by atoms with Crippen LogP contribution in [-0.4, -0.2) is 37.8 Å². The van der Waals surface area contributed by atoms with Crippen molar-refractivity contribution in [2.24, 2.45) is 0 Å². The molecular weight excluding hydrogens is 442 g/mol. The summed E-state index contributed by atoms with van der Waals surface area (Å²) in [6.45, 7) is -0.221. The first-order chi connectivity index (χ1) is 16.0. The number of methoxy groups -OCH3 is 2. The maximum Gasteiger partial charge on any atom is 0.276 e. The van der Waals surface area contributed by atoms with E-state index in [1.54, 1.807) is 37.5 Å². The van der Waals surface area contributed by atoms with E-state index in [4.69, 9.17) is 26.4 Å². The van der Waals surface area contributed by atoms with Gasteiger partial charge in [-0.25, -0.2) is 0 Å². The first-order valence-electron chi connectivity index (χ1n) is 9.90. The third kappa shape index (κ3) is 6.94. The van der Waals surface area contributed by atoms with Gasteiger partial charge >= 0.3 is 0 Å². The van der Waals surface area contributed by atoms with E-state index in [9.17, 15) is 9.59 Å². The van der Waals surface area contributed by atoms with Crippen molar-refractivity contribution < 1.29 is 23.8 Å². The molecule has 0 radical (unpaired) electrons. The third-order valence-electron chi connectivity index (χ3n) is 4.48. The Morgan fingerprint density at radius 3 is 2.42 bits per heavy atom. The van der Waals surface area contributed by atoms with Crippen LogP contribution in [0.2, 0.25) is 0 Å². The molecule has 8 nitrogen and oxygen atoms in total. The van der Waals surface area contributed by atoms with Crippen LogP contribution in [0, 0.1) is 0 Å². The number of nitrogens with one attached hydrogen (secondary N) is 3. The highest BCUT2D eigenvalue weighted by molar-refractivity contribution is 7.80. The summed E-state index contributed by atoms with van der Waals surface area (Å²) in [5, 5.41) is 4.47. The standard InChI is InChI=1S/C24H23N3O5S/c1-30-20-11-7-16(13-21(20)31-2)8-12-22(28)25-24(33)27-26-23(29)15-32-19-10-9-17-5-3-4-6-18(17)14-19/h3-14H,15H2,1-2H3,(H,26,29)(H2,25,27,28,33). The van der Waals surface area contributed by atoms with Crippen molar-refractivity contribution in [2.45, 2.75) is 0 Å². The molecule has 0 heterocycles. The number of carbonyl (C=O) groups is 2. The van der Waals surface area contributed by atoms with Gasteiger partial charge in [0.1, 0.15) is 5.75 Å². The second-order valence-corrected chi connectivity index (χ2v) is 7.15. The molecule has 0 spiro atoms.